The maximum absolute atomic E-state index is 11.8. The van der Waals surface area contributed by atoms with Crippen molar-refractivity contribution in [3.8, 4) is 0 Å². The fourth-order valence-electron chi connectivity index (χ4n) is 1.39. The lowest BCUT2D eigenvalue weighted by Gasteiger charge is -2.10. The van der Waals surface area contributed by atoms with Gasteiger partial charge in [-0.15, -0.1) is 0 Å². The van der Waals surface area contributed by atoms with E-state index in [-0.39, 0.29) is 23.7 Å². The number of aryl methyl sites for hydroxylation is 1. The Kier molecular flexibility index (Phi) is 6.72. The van der Waals surface area contributed by atoms with Gasteiger partial charge in [0.05, 0.1) is 18.5 Å². The van der Waals surface area contributed by atoms with Crippen molar-refractivity contribution in [2.75, 3.05) is 25.1 Å². The Morgan fingerprint density at radius 3 is 2.95 bits per heavy atom. The Labute approximate surface area is 114 Å². The van der Waals surface area contributed by atoms with Gasteiger partial charge in [-0.3, -0.25) is 4.79 Å². The van der Waals surface area contributed by atoms with E-state index in [1.54, 1.807) is 0 Å². The van der Waals surface area contributed by atoms with E-state index in [4.69, 9.17) is 11.6 Å². The van der Waals surface area contributed by atoms with E-state index in [1.807, 2.05) is 6.92 Å². The molecule has 0 bridgehead atoms. The van der Waals surface area contributed by atoms with Gasteiger partial charge in [0.15, 0.2) is 0 Å². The average Bonchev–Trinajstić information content (AvgIpc) is 2.37. The highest BCUT2D eigenvalue weighted by Gasteiger charge is 2.08. The van der Waals surface area contributed by atoms with Crippen molar-refractivity contribution in [3.05, 3.63) is 21.6 Å². The molecule has 108 valence electrons. The summed E-state index contributed by atoms with van der Waals surface area (Å²) in [6, 6.07) is 0. The van der Waals surface area contributed by atoms with Gasteiger partial charge < -0.3 is 10.1 Å². The van der Waals surface area contributed by atoms with Crippen LogP contribution in [0.3, 0.4) is 0 Å². The molecule has 1 aromatic rings. The van der Waals surface area contributed by atoms with Crippen LogP contribution in [0.2, 0.25) is 5.02 Å². The summed E-state index contributed by atoms with van der Waals surface area (Å²) in [4.78, 5) is 11.8. The Balaban J connectivity index is 2.51. The van der Waals surface area contributed by atoms with Crippen molar-refractivity contribution in [3.63, 3.8) is 0 Å². The fourth-order valence-corrected chi connectivity index (χ4v) is 1.60. The van der Waals surface area contributed by atoms with Crippen LogP contribution >= 0.6 is 11.6 Å². The summed E-state index contributed by atoms with van der Waals surface area (Å²) in [7, 11) is 0. The average molecular weight is 296 g/mol. The van der Waals surface area contributed by atoms with Gasteiger partial charge >= 0.3 is 0 Å². The standard InChI is InChI=1S/C11H16ClF2N3O2/c1-2-4-17-11(18)10(12)8(6-16-17)15-3-5-19-7-9(13)14/h6,9,15H,2-5,7H2,1H3. The molecule has 0 aliphatic carbocycles. The van der Waals surface area contributed by atoms with Crippen LogP contribution in [-0.2, 0) is 11.3 Å². The van der Waals surface area contributed by atoms with Crippen molar-refractivity contribution in [1.29, 1.82) is 0 Å². The molecule has 0 spiro atoms. The molecule has 5 nitrogen and oxygen atoms in total. The summed E-state index contributed by atoms with van der Waals surface area (Å²) in [5.41, 5.74) is 0.00156. The normalized spacial score (nSPS) is 11.0. The lowest BCUT2D eigenvalue weighted by molar-refractivity contribution is 0.0215. The number of ether oxygens (including phenoxy) is 1. The van der Waals surface area contributed by atoms with Crippen LogP contribution in [0.4, 0.5) is 14.5 Å². The predicted molar refractivity (Wildman–Crippen MR) is 69.1 cm³/mol. The second kappa shape index (κ2) is 8.06. The molecule has 1 heterocycles. The molecule has 1 N–H and O–H groups in total. The van der Waals surface area contributed by atoms with E-state index < -0.39 is 13.0 Å². The van der Waals surface area contributed by atoms with E-state index in [2.05, 4.69) is 15.2 Å². The van der Waals surface area contributed by atoms with Gasteiger partial charge in [0.2, 0.25) is 0 Å². The zero-order valence-electron chi connectivity index (χ0n) is 10.5. The largest absolute Gasteiger partial charge is 0.380 e. The summed E-state index contributed by atoms with van der Waals surface area (Å²) >= 11 is 5.90. The Hall–Kier alpha value is -1.21. The molecule has 0 atom stereocenters. The molecule has 0 aliphatic rings. The highest BCUT2D eigenvalue weighted by Crippen LogP contribution is 2.14. The number of nitrogens with zero attached hydrogens (tertiary/aromatic N) is 2. The first kappa shape index (κ1) is 15.8. The van der Waals surface area contributed by atoms with E-state index in [1.165, 1.54) is 10.9 Å². The van der Waals surface area contributed by atoms with Crippen LogP contribution in [0.25, 0.3) is 0 Å². The molecule has 0 saturated carbocycles. The molecule has 1 aromatic heterocycles. The van der Waals surface area contributed by atoms with Crippen molar-refractivity contribution in [2.45, 2.75) is 26.3 Å². The third-order valence-electron chi connectivity index (χ3n) is 2.23. The topological polar surface area (TPSA) is 56.1 Å². The first-order valence-electron chi connectivity index (χ1n) is 5.91. The van der Waals surface area contributed by atoms with E-state index >= 15 is 0 Å². The lowest BCUT2D eigenvalue weighted by atomic mass is 10.4. The van der Waals surface area contributed by atoms with Crippen LogP contribution < -0.4 is 10.9 Å². The van der Waals surface area contributed by atoms with Crippen LogP contribution in [0.5, 0.6) is 0 Å². The number of rotatable bonds is 8. The second-order valence-corrected chi connectivity index (χ2v) is 4.17. The van der Waals surface area contributed by atoms with Crippen LogP contribution in [0.15, 0.2) is 11.0 Å². The number of halogens is 3. The van der Waals surface area contributed by atoms with Gasteiger partial charge in [0.25, 0.3) is 12.0 Å². The van der Waals surface area contributed by atoms with Gasteiger partial charge in [-0.1, -0.05) is 18.5 Å². The van der Waals surface area contributed by atoms with E-state index in [0.29, 0.717) is 12.2 Å². The summed E-state index contributed by atoms with van der Waals surface area (Å²) in [6.07, 6.45) is -0.271. The van der Waals surface area contributed by atoms with Gasteiger partial charge in [0.1, 0.15) is 11.6 Å². The molecule has 0 saturated heterocycles. The molecular weight excluding hydrogens is 280 g/mol. The zero-order chi connectivity index (χ0) is 14.3. The number of hydrogen-bond donors (Lipinski definition) is 1. The van der Waals surface area contributed by atoms with Crippen LogP contribution in [0.1, 0.15) is 13.3 Å². The first-order valence-corrected chi connectivity index (χ1v) is 6.29. The van der Waals surface area contributed by atoms with E-state index in [0.717, 1.165) is 6.42 Å². The zero-order valence-corrected chi connectivity index (χ0v) is 11.3. The van der Waals surface area contributed by atoms with Gasteiger partial charge in [-0.05, 0) is 6.42 Å². The van der Waals surface area contributed by atoms with Gasteiger partial charge in [-0.2, -0.15) is 5.10 Å². The first-order chi connectivity index (χ1) is 9.06. The van der Waals surface area contributed by atoms with Crippen molar-refractivity contribution in [2.24, 2.45) is 0 Å². The molecule has 0 radical (unpaired) electrons. The molecule has 0 aliphatic heterocycles. The Morgan fingerprint density at radius 2 is 2.32 bits per heavy atom. The molecule has 1 rings (SSSR count). The molecule has 0 aromatic carbocycles. The second-order valence-electron chi connectivity index (χ2n) is 3.79. The maximum Gasteiger partial charge on any atom is 0.287 e. The SMILES string of the molecule is CCCn1ncc(NCCOCC(F)F)c(Cl)c1=O. The van der Waals surface area contributed by atoms with Crippen molar-refractivity contribution >= 4 is 17.3 Å². The highest BCUT2D eigenvalue weighted by atomic mass is 35.5. The maximum atomic E-state index is 11.8. The number of aromatic nitrogens is 2. The molecular formula is C11H16ClF2N3O2. The smallest absolute Gasteiger partial charge is 0.287 e. The predicted octanol–water partition coefficient (Wildman–Crippen LogP) is 2.00. The van der Waals surface area contributed by atoms with Crippen LogP contribution in [-0.4, -0.2) is 36.0 Å². The highest BCUT2D eigenvalue weighted by molar-refractivity contribution is 6.32. The third kappa shape index (κ3) is 5.12. The van der Waals surface area contributed by atoms with Crippen molar-refractivity contribution < 1.29 is 13.5 Å². The molecule has 19 heavy (non-hydrogen) atoms. The molecule has 0 unspecified atom stereocenters. The fraction of sp³-hybridized carbons (Fsp3) is 0.636. The van der Waals surface area contributed by atoms with Gasteiger partial charge in [-0.25, -0.2) is 13.5 Å². The monoisotopic (exact) mass is 295 g/mol. The summed E-state index contributed by atoms with van der Waals surface area (Å²) in [6.45, 7) is 2.18. The Bertz CT molecular complexity index is 454. The minimum atomic E-state index is -2.48. The minimum absolute atomic E-state index is 0.0392. The molecule has 8 heteroatoms. The number of anilines is 1. The van der Waals surface area contributed by atoms with Crippen molar-refractivity contribution in [1.82, 2.24) is 9.78 Å². The number of hydrogen-bond acceptors (Lipinski definition) is 4. The number of alkyl halides is 2. The minimum Gasteiger partial charge on any atom is -0.380 e. The summed E-state index contributed by atoms with van der Waals surface area (Å²) in [5, 5.41) is 6.81. The Morgan fingerprint density at radius 1 is 1.58 bits per heavy atom. The molecule has 0 amide bonds. The number of nitrogens with one attached hydrogen (secondary N) is 1. The van der Waals surface area contributed by atoms with Gasteiger partial charge in [0, 0.05) is 13.1 Å². The molecule has 0 fully saturated rings. The van der Waals surface area contributed by atoms with Crippen LogP contribution in [0, 0.1) is 0 Å². The lowest BCUT2D eigenvalue weighted by Crippen LogP contribution is -2.24. The summed E-state index contributed by atoms with van der Waals surface area (Å²) < 4.78 is 29.6. The van der Waals surface area contributed by atoms with E-state index in [9.17, 15) is 13.6 Å². The quantitative estimate of drug-likeness (QED) is 0.745. The summed E-state index contributed by atoms with van der Waals surface area (Å²) in [5.74, 6) is 0. The third-order valence-corrected chi connectivity index (χ3v) is 2.59.